The average molecular weight is 498 g/mol. The molecule has 190 valence electrons. The van der Waals surface area contributed by atoms with E-state index >= 15 is 0 Å². The van der Waals surface area contributed by atoms with E-state index in [2.05, 4.69) is 15.7 Å². The lowest BCUT2D eigenvalue weighted by atomic mass is 9.98. The zero-order chi connectivity index (χ0) is 26.4. The number of carboxylic acid groups (broad SMARTS) is 1. The van der Waals surface area contributed by atoms with Gasteiger partial charge in [-0.3, -0.25) is 4.79 Å². The van der Waals surface area contributed by atoms with Crippen molar-refractivity contribution in [3.05, 3.63) is 81.9 Å². The van der Waals surface area contributed by atoms with Crippen LogP contribution in [0.1, 0.15) is 30.0 Å². The largest absolute Gasteiger partial charge is 0.490 e. The molecule has 0 aromatic heterocycles. The summed E-state index contributed by atoms with van der Waals surface area (Å²) in [5, 5.41) is 25.0. The molecule has 0 saturated carbocycles. The van der Waals surface area contributed by atoms with E-state index in [0.29, 0.717) is 19.4 Å². The second-order valence-electron chi connectivity index (χ2n) is 6.96. The van der Waals surface area contributed by atoms with Crippen molar-refractivity contribution in [3.63, 3.8) is 0 Å². The van der Waals surface area contributed by atoms with E-state index in [-0.39, 0.29) is 17.9 Å². The van der Waals surface area contributed by atoms with Gasteiger partial charge in [0.2, 0.25) is 5.91 Å². The highest BCUT2D eigenvalue weighted by Crippen LogP contribution is 2.22. The van der Waals surface area contributed by atoms with E-state index in [0.717, 1.165) is 11.1 Å². The van der Waals surface area contributed by atoms with Gasteiger partial charge in [-0.25, -0.2) is 14.9 Å². The molecular formula is C21H25F3N6O5. The number of nitro groups is 1. The molecule has 0 spiro atoms. The van der Waals surface area contributed by atoms with Crippen molar-refractivity contribution in [3.8, 4) is 0 Å². The molecule has 0 radical (unpaired) electrons. The highest BCUT2D eigenvalue weighted by molar-refractivity contribution is 5.82. The summed E-state index contributed by atoms with van der Waals surface area (Å²) in [5.74, 6) is -3.31. The van der Waals surface area contributed by atoms with Crippen LogP contribution in [0.3, 0.4) is 0 Å². The van der Waals surface area contributed by atoms with Crippen LogP contribution in [0, 0.1) is 10.1 Å². The van der Waals surface area contributed by atoms with Gasteiger partial charge in [-0.05, 0) is 24.0 Å². The Kier molecular flexibility index (Phi) is 11.7. The fourth-order valence-corrected chi connectivity index (χ4v) is 2.69. The van der Waals surface area contributed by atoms with Crippen molar-refractivity contribution in [2.75, 3.05) is 6.54 Å². The molecule has 7 N–H and O–H groups in total. The number of hydrogen-bond acceptors (Lipinski definition) is 5. The number of aliphatic carboxylic acids is 1. The maximum Gasteiger partial charge on any atom is 0.490 e. The van der Waals surface area contributed by atoms with Gasteiger partial charge in [0.15, 0.2) is 5.03 Å². The molecule has 0 fully saturated rings. The SMILES string of the molecule is NC(=N[N+](=O)[O-])NCCC[C@@H](N)C(=O)NC(c1ccccc1)c1ccccc1.O=C(O)C(F)(F)F. The van der Waals surface area contributed by atoms with Crippen molar-refractivity contribution in [2.24, 2.45) is 16.6 Å². The summed E-state index contributed by atoms with van der Waals surface area (Å²) in [7, 11) is 0. The Hall–Kier alpha value is -4.20. The van der Waals surface area contributed by atoms with Crippen molar-refractivity contribution in [1.29, 1.82) is 0 Å². The quantitative estimate of drug-likeness (QED) is 0.114. The fourth-order valence-electron chi connectivity index (χ4n) is 2.69. The molecule has 2 rings (SSSR count). The van der Waals surface area contributed by atoms with Crippen LogP contribution < -0.4 is 22.1 Å². The molecule has 0 unspecified atom stereocenters. The van der Waals surface area contributed by atoms with Crippen LogP contribution in [-0.2, 0) is 9.59 Å². The number of nitrogens with zero attached hydrogens (tertiary/aromatic N) is 2. The van der Waals surface area contributed by atoms with Gasteiger partial charge in [-0.2, -0.15) is 13.2 Å². The number of hydrazone groups is 1. The molecule has 0 aliphatic heterocycles. The average Bonchev–Trinajstić information content (AvgIpc) is 2.80. The number of hydrogen-bond donors (Lipinski definition) is 5. The van der Waals surface area contributed by atoms with Crippen LogP contribution in [0.25, 0.3) is 0 Å². The first-order valence-electron chi connectivity index (χ1n) is 10.1. The lowest BCUT2D eigenvalue weighted by molar-refractivity contribution is -0.485. The maximum absolute atomic E-state index is 12.6. The van der Waals surface area contributed by atoms with Crippen molar-refractivity contribution < 1.29 is 32.9 Å². The summed E-state index contributed by atoms with van der Waals surface area (Å²) in [6.45, 7) is 0.324. The number of alkyl halides is 3. The van der Waals surface area contributed by atoms with Gasteiger partial charge in [0.1, 0.15) is 5.10 Å². The minimum Gasteiger partial charge on any atom is -0.475 e. The Labute approximate surface area is 198 Å². The van der Waals surface area contributed by atoms with Crippen LogP contribution >= 0.6 is 0 Å². The number of carbonyl (C=O) groups is 2. The van der Waals surface area contributed by atoms with E-state index < -0.39 is 23.2 Å². The molecule has 1 amide bonds. The lowest BCUT2D eigenvalue weighted by Gasteiger charge is -2.22. The third-order valence-corrected chi connectivity index (χ3v) is 4.32. The highest BCUT2D eigenvalue weighted by Gasteiger charge is 2.38. The lowest BCUT2D eigenvalue weighted by Crippen LogP contribution is -2.43. The number of carbonyl (C=O) groups excluding carboxylic acids is 1. The first-order valence-corrected chi connectivity index (χ1v) is 10.1. The molecular weight excluding hydrogens is 473 g/mol. The van der Waals surface area contributed by atoms with Crippen molar-refractivity contribution in [2.45, 2.75) is 31.1 Å². The smallest absolute Gasteiger partial charge is 0.475 e. The topological polar surface area (TPSA) is 186 Å². The van der Waals surface area contributed by atoms with Gasteiger partial charge >= 0.3 is 12.1 Å². The van der Waals surface area contributed by atoms with E-state index in [1.807, 2.05) is 60.7 Å². The van der Waals surface area contributed by atoms with Crippen LogP contribution in [0.2, 0.25) is 0 Å². The molecule has 0 heterocycles. The van der Waals surface area contributed by atoms with Gasteiger partial charge in [-0.1, -0.05) is 60.7 Å². The molecule has 0 aliphatic carbocycles. The molecule has 11 nitrogen and oxygen atoms in total. The number of carboxylic acids is 1. The number of guanidine groups is 1. The molecule has 0 aliphatic rings. The number of nitrogens with two attached hydrogens (primary N) is 2. The number of benzene rings is 2. The summed E-state index contributed by atoms with van der Waals surface area (Å²) in [6.07, 6.45) is -4.19. The zero-order valence-corrected chi connectivity index (χ0v) is 18.3. The molecule has 2 aromatic rings. The molecule has 1 atom stereocenters. The van der Waals surface area contributed by atoms with E-state index in [4.69, 9.17) is 21.4 Å². The van der Waals surface area contributed by atoms with E-state index in [9.17, 15) is 28.1 Å². The number of amides is 1. The van der Waals surface area contributed by atoms with Gasteiger partial charge in [0.05, 0.1) is 12.1 Å². The van der Waals surface area contributed by atoms with Gasteiger partial charge < -0.3 is 27.2 Å². The van der Waals surface area contributed by atoms with Crippen LogP contribution in [0.4, 0.5) is 13.2 Å². The van der Waals surface area contributed by atoms with E-state index in [1.54, 1.807) is 0 Å². The summed E-state index contributed by atoms with van der Waals surface area (Å²) in [5.41, 5.74) is 13.3. The third-order valence-electron chi connectivity index (χ3n) is 4.32. The van der Waals surface area contributed by atoms with E-state index in [1.165, 1.54) is 0 Å². The standard InChI is InChI=1S/C19H24N6O3.C2HF3O2/c20-16(12-7-13-22-19(21)24-25(27)28)18(26)23-17(14-8-3-1-4-9-14)15-10-5-2-6-11-15;3-2(4,5)1(6)7/h1-6,8-11,16-17H,7,12-13,20H2,(H,23,26)(H3,21,22,24);(H,6,7)/t16-;/m1./s1. The second-order valence-corrected chi connectivity index (χ2v) is 6.96. The number of rotatable bonds is 9. The van der Waals surface area contributed by atoms with Crippen LogP contribution in [-0.4, -0.2) is 46.7 Å². The Morgan fingerprint density at radius 2 is 1.51 bits per heavy atom. The summed E-state index contributed by atoms with van der Waals surface area (Å²) in [6, 6.07) is 18.3. The first kappa shape index (κ1) is 28.8. The molecule has 0 saturated heterocycles. The monoisotopic (exact) mass is 498 g/mol. The maximum atomic E-state index is 12.6. The Morgan fingerprint density at radius 1 is 1.06 bits per heavy atom. The first-order chi connectivity index (χ1) is 16.4. The van der Waals surface area contributed by atoms with Crippen molar-refractivity contribution in [1.82, 2.24) is 10.6 Å². The Bertz CT molecular complexity index is 950. The zero-order valence-electron chi connectivity index (χ0n) is 18.3. The predicted molar refractivity (Wildman–Crippen MR) is 120 cm³/mol. The predicted octanol–water partition coefficient (Wildman–Crippen LogP) is 1.73. The fraction of sp³-hybridized carbons (Fsp3) is 0.286. The number of nitrogens with one attached hydrogen (secondary N) is 2. The molecule has 0 bridgehead atoms. The van der Waals surface area contributed by atoms with Crippen molar-refractivity contribution >= 4 is 17.8 Å². The highest BCUT2D eigenvalue weighted by atomic mass is 19.4. The summed E-state index contributed by atoms with van der Waals surface area (Å²) >= 11 is 0. The minimum atomic E-state index is -5.08. The summed E-state index contributed by atoms with van der Waals surface area (Å²) in [4.78, 5) is 31.7. The molecule has 2 aromatic carbocycles. The van der Waals surface area contributed by atoms with Gasteiger partial charge in [0, 0.05) is 6.54 Å². The molecule has 14 heteroatoms. The van der Waals surface area contributed by atoms with Crippen LogP contribution in [0.15, 0.2) is 65.8 Å². The van der Waals surface area contributed by atoms with Gasteiger partial charge in [-0.15, -0.1) is 0 Å². The number of halogens is 3. The second kappa shape index (κ2) is 14.1. The third kappa shape index (κ3) is 11.5. The van der Waals surface area contributed by atoms with Gasteiger partial charge in [0.25, 0.3) is 5.96 Å². The summed E-state index contributed by atoms with van der Waals surface area (Å²) < 4.78 is 31.7. The van der Waals surface area contributed by atoms with Crippen LogP contribution in [0.5, 0.6) is 0 Å². The normalized spacial score (nSPS) is 12.2. The Balaban J connectivity index is 0.000000762. The minimum absolute atomic E-state index is 0.273. The Morgan fingerprint density at radius 3 is 1.91 bits per heavy atom. The molecule has 35 heavy (non-hydrogen) atoms.